The highest BCUT2D eigenvalue weighted by Gasteiger charge is 2.17. The first-order valence-electron chi connectivity index (χ1n) is 5.90. The lowest BCUT2D eigenvalue weighted by Crippen LogP contribution is -2.32. The van der Waals surface area contributed by atoms with Gasteiger partial charge in [-0.3, -0.25) is 4.79 Å². The number of carbonyl (C=O) groups is 1. The van der Waals surface area contributed by atoms with Crippen LogP contribution in [0.4, 0.5) is 5.69 Å². The molecule has 0 aliphatic rings. The van der Waals surface area contributed by atoms with Gasteiger partial charge in [-0.2, -0.15) is 0 Å². The number of nitrogens with zero attached hydrogens (tertiary/aromatic N) is 1. The Kier molecular flexibility index (Phi) is 5.45. The Bertz CT molecular complexity index is 407. The van der Waals surface area contributed by atoms with Gasteiger partial charge in [0.1, 0.15) is 11.5 Å². The maximum atomic E-state index is 12.0. The lowest BCUT2D eigenvalue weighted by atomic mass is 10.2. The molecule has 1 aromatic rings. The van der Waals surface area contributed by atoms with Crippen molar-refractivity contribution in [3.8, 4) is 11.5 Å². The second kappa shape index (κ2) is 6.86. The van der Waals surface area contributed by atoms with E-state index in [1.54, 1.807) is 37.3 Å². The first kappa shape index (κ1) is 14.3. The third-order valence-electron chi connectivity index (χ3n) is 2.65. The van der Waals surface area contributed by atoms with Crippen molar-refractivity contribution in [3.05, 3.63) is 18.2 Å². The number of rotatable bonds is 6. The van der Waals surface area contributed by atoms with E-state index in [1.165, 1.54) is 0 Å². The summed E-state index contributed by atoms with van der Waals surface area (Å²) in [4.78, 5) is 13.6. The molecule has 0 heterocycles. The molecule has 0 aliphatic heterocycles. The molecular weight excluding hydrogens is 232 g/mol. The van der Waals surface area contributed by atoms with Crippen LogP contribution < -0.4 is 20.1 Å². The van der Waals surface area contributed by atoms with Crippen molar-refractivity contribution in [1.29, 1.82) is 0 Å². The molecule has 0 saturated carbocycles. The summed E-state index contributed by atoms with van der Waals surface area (Å²) in [5, 5.41) is 0. The molecule has 1 amide bonds. The van der Waals surface area contributed by atoms with Crippen LogP contribution in [0, 0.1) is 0 Å². The van der Waals surface area contributed by atoms with Crippen LogP contribution in [0.5, 0.6) is 11.5 Å². The SMILES string of the molecule is CCN(C(=O)CCN)c1cc(OC)ccc1OC. The molecule has 0 fully saturated rings. The summed E-state index contributed by atoms with van der Waals surface area (Å²) in [5.74, 6) is 1.30. The molecule has 0 radical (unpaired) electrons. The van der Waals surface area contributed by atoms with Crippen LogP contribution in [0.3, 0.4) is 0 Å². The summed E-state index contributed by atoms with van der Waals surface area (Å²) in [6.45, 7) is 2.80. The monoisotopic (exact) mass is 252 g/mol. The van der Waals surface area contributed by atoms with Crippen LogP contribution in [0.1, 0.15) is 13.3 Å². The minimum atomic E-state index is -0.0217. The molecule has 0 saturated heterocycles. The van der Waals surface area contributed by atoms with Crippen molar-refractivity contribution in [2.45, 2.75) is 13.3 Å². The van der Waals surface area contributed by atoms with Crippen molar-refractivity contribution in [2.24, 2.45) is 5.73 Å². The largest absolute Gasteiger partial charge is 0.497 e. The molecule has 0 spiro atoms. The Morgan fingerprint density at radius 3 is 2.56 bits per heavy atom. The zero-order valence-corrected chi connectivity index (χ0v) is 11.1. The van der Waals surface area contributed by atoms with E-state index in [2.05, 4.69) is 0 Å². The molecule has 0 aromatic heterocycles. The van der Waals surface area contributed by atoms with Crippen LogP contribution >= 0.6 is 0 Å². The number of carbonyl (C=O) groups excluding carboxylic acids is 1. The van der Waals surface area contributed by atoms with Gasteiger partial charge in [-0.25, -0.2) is 0 Å². The molecule has 5 heteroatoms. The maximum absolute atomic E-state index is 12.0. The van der Waals surface area contributed by atoms with Crippen LogP contribution in [0.15, 0.2) is 18.2 Å². The minimum Gasteiger partial charge on any atom is -0.497 e. The number of amides is 1. The van der Waals surface area contributed by atoms with Crippen molar-refractivity contribution in [3.63, 3.8) is 0 Å². The van der Waals surface area contributed by atoms with Gasteiger partial charge in [0.25, 0.3) is 0 Å². The fourth-order valence-corrected chi connectivity index (χ4v) is 1.75. The third-order valence-corrected chi connectivity index (χ3v) is 2.65. The van der Waals surface area contributed by atoms with Crippen molar-refractivity contribution >= 4 is 11.6 Å². The van der Waals surface area contributed by atoms with E-state index in [4.69, 9.17) is 15.2 Å². The molecule has 5 nitrogen and oxygen atoms in total. The van der Waals surface area contributed by atoms with Crippen LogP contribution in [0.2, 0.25) is 0 Å². The molecular formula is C13H20N2O3. The standard InChI is InChI=1S/C13H20N2O3/c1-4-15(13(16)7-8-14)11-9-10(17-2)5-6-12(11)18-3/h5-6,9H,4,7-8,14H2,1-3H3. The Morgan fingerprint density at radius 1 is 1.33 bits per heavy atom. The number of nitrogens with two attached hydrogens (primary N) is 1. The molecule has 0 bridgehead atoms. The predicted molar refractivity (Wildman–Crippen MR) is 71.2 cm³/mol. The van der Waals surface area contributed by atoms with Crippen LogP contribution in [-0.4, -0.2) is 33.2 Å². The van der Waals surface area contributed by atoms with Crippen LogP contribution in [0.25, 0.3) is 0 Å². The first-order valence-corrected chi connectivity index (χ1v) is 5.90. The van der Waals surface area contributed by atoms with Gasteiger partial charge in [-0.1, -0.05) is 0 Å². The zero-order chi connectivity index (χ0) is 13.5. The fourth-order valence-electron chi connectivity index (χ4n) is 1.75. The molecule has 100 valence electrons. The second-order valence-electron chi connectivity index (χ2n) is 3.71. The average molecular weight is 252 g/mol. The summed E-state index contributed by atoms with van der Waals surface area (Å²) < 4.78 is 10.4. The van der Waals surface area contributed by atoms with E-state index in [-0.39, 0.29) is 5.91 Å². The quantitative estimate of drug-likeness (QED) is 0.831. The smallest absolute Gasteiger partial charge is 0.228 e. The summed E-state index contributed by atoms with van der Waals surface area (Å²) in [7, 11) is 3.16. The fraction of sp³-hybridized carbons (Fsp3) is 0.462. The summed E-state index contributed by atoms with van der Waals surface area (Å²) in [6.07, 6.45) is 0.314. The average Bonchev–Trinajstić information content (AvgIpc) is 2.39. The van der Waals surface area contributed by atoms with Crippen LogP contribution in [-0.2, 0) is 4.79 Å². The molecule has 18 heavy (non-hydrogen) atoms. The Labute approximate surface area is 107 Å². The van der Waals surface area contributed by atoms with Gasteiger partial charge < -0.3 is 20.1 Å². The third kappa shape index (κ3) is 3.13. The Balaban J connectivity index is 3.13. The number of anilines is 1. The van der Waals surface area contributed by atoms with Gasteiger partial charge in [-0.05, 0) is 19.1 Å². The van der Waals surface area contributed by atoms with E-state index < -0.39 is 0 Å². The summed E-state index contributed by atoms with van der Waals surface area (Å²) >= 11 is 0. The lowest BCUT2D eigenvalue weighted by molar-refractivity contribution is -0.118. The van der Waals surface area contributed by atoms with E-state index in [0.29, 0.717) is 36.7 Å². The Morgan fingerprint density at radius 2 is 2.06 bits per heavy atom. The number of ether oxygens (including phenoxy) is 2. The second-order valence-corrected chi connectivity index (χ2v) is 3.71. The molecule has 0 unspecified atom stereocenters. The highest BCUT2D eigenvalue weighted by Crippen LogP contribution is 2.32. The van der Waals surface area contributed by atoms with E-state index >= 15 is 0 Å². The van der Waals surface area contributed by atoms with E-state index in [1.807, 2.05) is 6.92 Å². The molecule has 1 aromatic carbocycles. The molecule has 1 rings (SSSR count). The number of methoxy groups -OCH3 is 2. The maximum Gasteiger partial charge on any atom is 0.228 e. The van der Waals surface area contributed by atoms with Gasteiger partial charge in [0.05, 0.1) is 19.9 Å². The lowest BCUT2D eigenvalue weighted by Gasteiger charge is -2.23. The minimum absolute atomic E-state index is 0.0217. The van der Waals surface area contributed by atoms with Crippen molar-refractivity contribution in [1.82, 2.24) is 0 Å². The topological polar surface area (TPSA) is 64.8 Å². The van der Waals surface area contributed by atoms with E-state index in [0.717, 1.165) is 0 Å². The van der Waals surface area contributed by atoms with E-state index in [9.17, 15) is 4.79 Å². The highest BCUT2D eigenvalue weighted by molar-refractivity contribution is 5.95. The molecule has 2 N–H and O–H groups in total. The molecule has 0 atom stereocenters. The number of hydrogen-bond donors (Lipinski definition) is 1. The number of benzene rings is 1. The highest BCUT2D eigenvalue weighted by atomic mass is 16.5. The summed E-state index contributed by atoms with van der Waals surface area (Å²) in [6, 6.07) is 5.37. The van der Waals surface area contributed by atoms with Crippen molar-refractivity contribution < 1.29 is 14.3 Å². The van der Waals surface area contributed by atoms with Gasteiger partial charge in [0.15, 0.2) is 0 Å². The predicted octanol–water partition coefficient (Wildman–Crippen LogP) is 1.41. The van der Waals surface area contributed by atoms with Gasteiger partial charge in [0, 0.05) is 25.6 Å². The number of hydrogen-bond acceptors (Lipinski definition) is 4. The summed E-state index contributed by atoms with van der Waals surface area (Å²) in [5.41, 5.74) is 6.13. The Hall–Kier alpha value is -1.75. The van der Waals surface area contributed by atoms with Gasteiger partial charge in [-0.15, -0.1) is 0 Å². The molecule has 0 aliphatic carbocycles. The van der Waals surface area contributed by atoms with Gasteiger partial charge >= 0.3 is 0 Å². The normalized spacial score (nSPS) is 10.0. The zero-order valence-electron chi connectivity index (χ0n) is 11.1. The van der Waals surface area contributed by atoms with Crippen molar-refractivity contribution in [2.75, 3.05) is 32.2 Å². The van der Waals surface area contributed by atoms with Gasteiger partial charge in [0.2, 0.25) is 5.91 Å². The first-order chi connectivity index (χ1) is 8.67.